The number of benzene rings is 1. The van der Waals surface area contributed by atoms with Crippen LogP contribution in [0.4, 0.5) is 13.6 Å². The molecular formula is C25H35F2N3O3S. The molecule has 3 N–H and O–H groups in total. The molecule has 188 valence electrons. The molecule has 1 aromatic carbocycles. The number of aromatic nitrogens is 1. The maximum atomic E-state index is 13.7. The third kappa shape index (κ3) is 7.71. The second kappa shape index (κ2) is 10.7. The van der Waals surface area contributed by atoms with Crippen molar-refractivity contribution in [2.75, 3.05) is 6.54 Å². The summed E-state index contributed by atoms with van der Waals surface area (Å²) in [6.07, 6.45) is 3.03. The number of ether oxygens (including phenoxy) is 1. The van der Waals surface area contributed by atoms with Gasteiger partial charge in [0.15, 0.2) is 0 Å². The molecule has 0 radical (unpaired) electrons. The van der Waals surface area contributed by atoms with Crippen molar-refractivity contribution in [3.63, 3.8) is 0 Å². The Labute approximate surface area is 204 Å². The van der Waals surface area contributed by atoms with Crippen LogP contribution in [0.2, 0.25) is 0 Å². The monoisotopic (exact) mass is 495 g/mol. The fraction of sp³-hybridized carbons (Fsp3) is 0.600. The van der Waals surface area contributed by atoms with E-state index in [0.29, 0.717) is 11.5 Å². The zero-order valence-electron chi connectivity index (χ0n) is 20.5. The summed E-state index contributed by atoms with van der Waals surface area (Å²) in [5.74, 6) is -0.896. The quantitative estimate of drug-likeness (QED) is 0.445. The van der Waals surface area contributed by atoms with Crippen molar-refractivity contribution in [2.45, 2.75) is 83.6 Å². The molecule has 1 aliphatic rings. The number of hydrogen-bond acceptors (Lipinski definition) is 6. The van der Waals surface area contributed by atoms with Crippen LogP contribution in [0.3, 0.4) is 0 Å². The Kier molecular flexibility index (Phi) is 8.31. The number of halogens is 2. The highest BCUT2D eigenvalue weighted by atomic mass is 32.1. The fourth-order valence-electron chi connectivity index (χ4n) is 3.78. The van der Waals surface area contributed by atoms with E-state index in [-0.39, 0.29) is 18.5 Å². The second-order valence-electron chi connectivity index (χ2n) is 10.5. The van der Waals surface area contributed by atoms with Crippen LogP contribution in [0.25, 0.3) is 0 Å². The molecule has 2 atom stereocenters. The van der Waals surface area contributed by atoms with Gasteiger partial charge in [0.05, 0.1) is 22.7 Å². The summed E-state index contributed by atoms with van der Waals surface area (Å²) in [5.41, 5.74) is -0.615. The zero-order chi connectivity index (χ0) is 25.1. The number of nitrogens with zero attached hydrogens (tertiary/aromatic N) is 1. The Morgan fingerprint density at radius 3 is 2.41 bits per heavy atom. The van der Waals surface area contributed by atoms with Gasteiger partial charge in [-0.2, -0.15) is 0 Å². The van der Waals surface area contributed by atoms with Crippen molar-refractivity contribution in [3.05, 3.63) is 51.5 Å². The third-order valence-corrected chi connectivity index (χ3v) is 6.78. The number of amides is 1. The molecule has 1 heterocycles. The summed E-state index contributed by atoms with van der Waals surface area (Å²) in [7, 11) is 0. The van der Waals surface area contributed by atoms with Crippen molar-refractivity contribution in [3.8, 4) is 0 Å². The first-order chi connectivity index (χ1) is 15.8. The number of nitrogens with one attached hydrogen (secondary N) is 2. The summed E-state index contributed by atoms with van der Waals surface area (Å²) >= 11 is 1.69. The molecule has 1 saturated carbocycles. The van der Waals surface area contributed by atoms with Crippen molar-refractivity contribution in [1.82, 2.24) is 15.6 Å². The van der Waals surface area contributed by atoms with E-state index < -0.39 is 35.5 Å². The number of hydrogen-bond donors (Lipinski definition) is 3. The van der Waals surface area contributed by atoms with Crippen molar-refractivity contribution >= 4 is 17.4 Å². The number of aliphatic hydroxyl groups is 1. The molecule has 2 aromatic rings. The van der Waals surface area contributed by atoms with Crippen LogP contribution >= 0.6 is 11.3 Å². The predicted molar refractivity (Wildman–Crippen MR) is 129 cm³/mol. The Hall–Kier alpha value is -2.10. The summed E-state index contributed by atoms with van der Waals surface area (Å²) in [6.45, 7) is 9.72. The minimum atomic E-state index is -1.01. The van der Waals surface area contributed by atoms with Crippen LogP contribution in [0.15, 0.2) is 24.4 Å². The molecule has 1 fully saturated rings. The first-order valence-electron chi connectivity index (χ1n) is 11.7. The highest BCUT2D eigenvalue weighted by molar-refractivity contribution is 7.11. The average Bonchev–Trinajstić information content (AvgIpc) is 3.33. The van der Waals surface area contributed by atoms with Gasteiger partial charge in [0.2, 0.25) is 0 Å². The summed E-state index contributed by atoms with van der Waals surface area (Å²) in [5, 5.41) is 18.2. The van der Waals surface area contributed by atoms with Crippen molar-refractivity contribution in [1.29, 1.82) is 0 Å². The smallest absolute Gasteiger partial charge is 0.407 e. The van der Waals surface area contributed by atoms with E-state index in [0.717, 1.165) is 35.2 Å². The molecule has 1 amide bonds. The standard InChI is InChI=1S/C25H35F2N3O3S/c1-15(2)8-22-28-14-21(34-22)25(6-7-25)29-13-20(31)19(30-23(32)33-24(3,4)5)11-16-9-17(26)12-18(27)10-16/h9-10,12,14-15,19-20,29,31H,6-8,11,13H2,1-5H3,(H,30,32)/t19?,20-/m1/s1. The molecule has 6 nitrogen and oxygen atoms in total. The van der Waals surface area contributed by atoms with Gasteiger partial charge in [0.25, 0.3) is 0 Å². The third-order valence-electron chi connectivity index (χ3n) is 5.55. The van der Waals surface area contributed by atoms with Gasteiger partial charge in [0, 0.05) is 30.1 Å². The Morgan fingerprint density at radius 2 is 1.85 bits per heavy atom. The topological polar surface area (TPSA) is 83.5 Å². The van der Waals surface area contributed by atoms with Crippen LogP contribution in [-0.4, -0.2) is 40.5 Å². The lowest BCUT2D eigenvalue weighted by Crippen LogP contribution is -2.51. The van der Waals surface area contributed by atoms with E-state index in [2.05, 4.69) is 29.5 Å². The van der Waals surface area contributed by atoms with Crippen LogP contribution in [0.1, 0.15) is 62.9 Å². The Morgan fingerprint density at radius 1 is 1.21 bits per heavy atom. The number of carbonyl (C=O) groups is 1. The van der Waals surface area contributed by atoms with Crippen LogP contribution in [0, 0.1) is 17.6 Å². The van der Waals surface area contributed by atoms with Crippen LogP contribution < -0.4 is 10.6 Å². The predicted octanol–water partition coefficient (Wildman–Crippen LogP) is 4.70. The van der Waals surface area contributed by atoms with E-state index in [9.17, 15) is 18.7 Å². The van der Waals surface area contributed by atoms with Gasteiger partial charge in [0.1, 0.15) is 17.2 Å². The highest BCUT2D eigenvalue weighted by Crippen LogP contribution is 2.47. The molecule has 1 unspecified atom stereocenters. The normalized spacial score (nSPS) is 16.9. The molecule has 3 rings (SSSR count). The molecule has 0 saturated heterocycles. The van der Waals surface area contributed by atoms with Crippen LogP contribution in [0.5, 0.6) is 0 Å². The molecule has 0 bridgehead atoms. The first kappa shape index (κ1) is 26.5. The van der Waals surface area contributed by atoms with E-state index in [1.807, 2.05) is 6.20 Å². The molecule has 0 aliphatic heterocycles. The molecule has 0 spiro atoms. The molecule has 34 heavy (non-hydrogen) atoms. The lowest BCUT2D eigenvalue weighted by Gasteiger charge is -2.28. The van der Waals surface area contributed by atoms with Gasteiger partial charge in [-0.1, -0.05) is 13.8 Å². The zero-order valence-corrected chi connectivity index (χ0v) is 21.3. The lowest BCUT2D eigenvalue weighted by atomic mass is 10.0. The number of rotatable bonds is 10. The van der Waals surface area contributed by atoms with Crippen molar-refractivity contribution < 1.29 is 23.4 Å². The minimum Gasteiger partial charge on any atom is -0.444 e. The van der Waals surface area contributed by atoms with E-state index >= 15 is 0 Å². The minimum absolute atomic E-state index is 0.0445. The average molecular weight is 496 g/mol. The Balaban J connectivity index is 1.69. The van der Waals surface area contributed by atoms with Crippen LogP contribution in [-0.2, 0) is 23.1 Å². The molecular weight excluding hydrogens is 460 g/mol. The fourth-order valence-corrected chi connectivity index (χ4v) is 5.13. The summed E-state index contributed by atoms with van der Waals surface area (Å²) in [6, 6.07) is 2.38. The summed E-state index contributed by atoms with van der Waals surface area (Å²) < 4.78 is 32.8. The van der Waals surface area contributed by atoms with Gasteiger partial charge >= 0.3 is 6.09 Å². The van der Waals surface area contributed by atoms with Gasteiger partial charge in [-0.05, 0) is 63.6 Å². The second-order valence-corrected chi connectivity index (χ2v) is 11.6. The molecule has 1 aromatic heterocycles. The lowest BCUT2D eigenvalue weighted by molar-refractivity contribution is 0.0419. The highest BCUT2D eigenvalue weighted by Gasteiger charge is 2.46. The first-order valence-corrected chi connectivity index (χ1v) is 12.5. The van der Waals surface area contributed by atoms with Gasteiger partial charge in [-0.15, -0.1) is 11.3 Å². The largest absolute Gasteiger partial charge is 0.444 e. The van der Waals surface area contributed by atoms with E-state index in [1.54, 1.807) is 32.1 Å². The Bertz CT molecular complexity index is 966. The van der Waals surface area contributed by atoms with E-state index in [1.165, 1.54) is 12.1 Å². The van der Waals surface area contributed by atoms with Crippen molar-refractivity contribution in [2.24, 2.45) is 5.92 Å². The number of thiazole rings is 1. The number of carbonyl (C=O) groups excluding carboxylic acids is 1. The SMILES string of the molecule is CC(C)Cc1ncc(C2(NC[C@@H](O)C(Cc3cc(F)cc(F)c3)NC(=O)OC(C)(C)C)CC2)s1. The number of alkyl carbamates (subject to hydrolysis) is 1. The van der Waals surface area contributed by atoms with Gasteiger partial charge < -0.3 is 20.5 Å². The maximum absolute atomic E-state index is 13.7. The number of aliphatic hydroxyl groups excluding tert-OH is 1. The van der Waals surface area contributed by atoms with E-state index in [4.69, 9.17) is 4.74 Å². The summed E-state index contributed by atoms with van der Waals surface area (Å²) in [4.78, 5) is 18.1. The molecule has 1 aliphatic carbocycles. The molecule has 9 heteroatoms. The van der Waals surface area contributed by atoms with Gasteiger partial charge in [-0.25, -0.2) is 18.6 Å². The van der Waals surface area contributed by atoms with Gasteiger partial charge in [-0.3, -0.25) is 0 Å². The maximum Gasteiger partial charge on any atom is 0.407 e.